The second-order valence-corrected chi connectivity index (χ2v) is 4.73. The van der Waals surface area contributed by atoms with Crippen LogP contribution in [0.2, 0.25) is 0 Å². The summed E-state index contributed by atoms with van der Waals surface area (Å²) in [4.78, 5) is 0. The van der Waals surface area contributed by atoms with Gasteiger partial charge >= 0.3 is 0 Å². The number of methoxy groups -OCH3 is 1. The second-order valence-electron chi connectivity index (χ2n) is 4.73. The summed E-state index contributed by atoms with van der Waals surface area (Å²) in [5, 5.41) is 9.11. The van der Waals surface area contributed by atoms with Crippen LogP contribution in [0.25, 0.3) is 0 Å². The van der Waals surface area contributed by atoms with Gasteiger partial charge in [0.05, 0.1) is 19.8 Å². The Morgan fingerprint density at radius 1 is 1.43 bits per heavy atom. The van der Waals surface area contributed by atoms with Crippen LogP contribution in [0.15, 0.2) is 0 Å². The molecule has 1 fully saturated rings. The van der Waals surface area contributed by atoms with E-state index in [9.17, 15) is 0 Å². The number of hydrogen-bond donors (Lipinski definition) is 1. The lowest BCUT2D eigenvalue weighted by molar-refractivity contribution is -0.291. The molecule has 84 valence electrons. The summed E-state index contributed by atoms with van der Waals surface area (Å²) in [6.07, 6.45) is -0.355. The van der Waals surface area contributed by atoms with Crippen LogP contribution in [0.5, 0.6) is 0 Å². The van der Waals surface area contributed by atoms with Crippen LogP contribution in [0.1, 0.15) is 20.8 Å². The molecule has 1 aliphatic heterocycles. The predicted octanol–water partition coefficient (Wildman–Crippen LogP) is 0.783. The van der Waals surface area contributed by atoms with Gasteiger partial charge in [-0.3, -0.25) is 0 Å². The van der Waals surface area contributed by atoms with Gasteiger partial charge in [-0.2, -0.15) is 0 Å². The van der Waals surface area contributed by atoms with Crippen molar-refractivity contribution in [2.75, 3.05) is 26.9 Å². The molecule has 0 radical (unpaired) electrons. The fraction of sp³-hybridized carbons (Fsp3) is 1.00. The van der Waals surface area contributed by atoms with Gasteiger partial charge in [-0.15, -0.1) is 0 Å². The third kappa shape index (κ3) is 2.45. The Bertz CT molecular complexity index is 183. The van der Waals surface area contributed by atoms with Crippen LogP contribution >= 0.6 is 0 Å². The Hall–Kier alpha value is -0.160. The molecule has 0 saturated carbocycles. The fourth-order valence-electron chi connectivity index (χ4n) is 1.23. The van der Waals surface area contributed by atoms with E-state index < -0.39 is 5.60 Å². The minimum atomic E-state index is -0.448. The topological polar surface area (TPSA) is 47.9 Å². The molecule has 0 amide bonds. The summed E-state index contributed by atoms with van der Waals surface area (Å²) in [5.41, 5.74) is -0.725. The zero-order chi connectivity index (χ0) is 10.8. The van der Waals surface area contributed by atoms with Gasteiger partial charge in [0.15, 0.2) is 6.29 Å². The lowest BCUT2D eigenvalue weighted by Crippen LogP contribution is -2.51. The van der Waals surface area contributed by atoms with Gasteiger partial charge in [0.1, 0.15) is 5.60 Å². The number of hydrogen-bond acceptors (Lipinski definition) is 4. The SMILES string of the molecule is COC(C)(C)C1OCC(C)(CO)CO1. The van der Waals surface area contributed by atoms with Gasteiger partial charge < -0.3 is 19.3 Å². The Morgan fingerprint density at radius 2 is 1.93 bits per heavy atom. The van der Waals surface area contributed by atoms with Crippen molar-refractivity contribution in [2.24, 2.45) is 5.41 Å². The molecule has 0 spiro atoms. The summed E-state index contributed by atoms with van der Waals surface area (Å²) in [7, 11) is 1.63. The molecule has 0 atom stereocenters. The second kappa shape index (κ2) is 4.14. The van der Waals surface area contributed by atoms with Gasteiger partial charge in [-0.1, -0.05) is 6.92 Å². The molecule has 1 saturated heterocycles. The standard InChI is InChI=1S/C10H20O4/c1-9(2,12-4)8-13-6-10(3,5-11)7-14-8/h8,11H,5-7H2,1-4H3. The predicted molar refractivity (Wildman–Crippen MR) is 52.0 cm³/mol. The van der Waals surface area contributed by atoms with Gasteiger partial charge in [0.2, 0.25) is 0 Å². The molecule has 1 rings (SSSR count). The highest BCUT2D eigenvalue weighted by atomic mass is 16.7. The van der Waals surface area contributed by atoms with Gasteiger partial charge in [0.25, 0.3) is 0 Å². The Kier molecular flexibility index (Phi) is 3.53. The van der Waals surface area contributed by atoms with Crippen LogP contribution in [0, 0.1) is 5.41 Å². The van der Waals surface area contributed by atoms with E-state index >= 15 is 0 Å². The molecule has 14 heavy (non-hydrogen) atoms. The van der Waals surface area contributed by atoms with Crippen LogP contribution < -0.4 is 0 Å². The molecule has 1 N–H and O–H groups in total. The lowest BCUT2D eigenvalue weighted by Gasteiger charge is -2.41. The minimum Gasteiger partial charge on any atom is -0.396 e. The molecule has 1 aliphatic rings. The molecule has 0 aromatic carbocycles. The van der Waals surface area contributed by atoms with Gasteiger partial charge in [-0.25, -0.2) is 0 Å². The number of aliphatic hydroxyl groups excluding tert-OH is 1. The number of ether oxygens (including phenoxy) is 3. The third-order valence-electron chi connectivity index (χ3n) is 2.64. The molecule has 1 heterocycles. The van der Waals surface area contributed by atoms with E-state index in [0.29, 0.717) is 13.2 Å². The van der Waals surface area contributed by atoms with E-state index in [0.717, 1.165) is 0 Å². The van der Waals surface area contributed by atoms with Crippen molar-refractivity contribution in [1.82, 2.24) is 0 Å². The third-order valence-corrected chi connectivity index (χ3v) is 2.64. The molecule has 0 aromatic heterocycles. The molecule has 0 unspecified atom stereocenters. The molecule has 4 heteroatoms. The Balaban J connectivity index is 2.51. The van der Waals surface area contributed by atoms with Gasteiger partial charge in [-0.05, 0) is 13.8 Å². The normalized spacial score (nSPS) is 34.5. The van der Waals surface area contributed by atoms with Crippen molar-refractivity contribution in [2.45, 2.75) is 32.7 Å². The van der Waals surface area contributed by atoms with Crippen molar-refractivity contribution in [3.63, 3.8) is 0 Å². The fourth-order valence-corrected chi connectivity index (χ4v) is 1.23. The zero-order valence-corrected chi connectivity index (χ0v) is 9.37. The summed E-state index contributed by atoms with van der Waals surface area (Å²) in [5.74, 6) is 0. The van der Waals surface area contributed by atoms with E-state index in [-0.39, 0.29) is 18.3 Å². The monoisotopic (exact) mass is 204 g/mol. The minimum absolute atomic E-state index is 0.0765. The van der Waals surface area contributed by atoms with E-state index in [4.69, 9.17) is 19.3 Å². The van der Waals surface area contributed by atoms with Crippen molar-refractivity contribution in [3.8, 4) is 0 Å². The van der Waals surface area contributed by atoms with Crippen LogP contribution in [0.3, 0.4) is 0 Å². The van der Waals surface area contributed by atoms with Crippen molar-refractivity contribution in [1.29, 1.82) is 0 Å². The summed E-state index contributed by atoms with van der Waals surface area (Å²) < 4.78 is 16.3. The zero-order valence-electron chi connectivity index (χ0n) is 9.37. The molecule has 0 aliphatic carbocycles. The van der Waals surface area contributed by atoms with Crippen molar-refractivity contribution in [3.05, 3.63) is 0 Å². The quantitative estimate of drug-likeness (QED) is 0.738. The van der Waals surface area contributed by atoms with E-state index in [1.807, 2.05) is 20.8 Å². The number of aliphatic hydroxyl groups is 1. The lowest BCUT2D eigenvalue weighted by atomic mass is 9.93. The molecular formula is C10H20O4. The van der Waals surface area contributed by atoms with E-state index in [1.165, 1.54) is 0 Å². The highest BCUT2D eigenvalue weighted by molar-refractivity contribution is 4.81. The van der Waals surface area contributed by atoms with Crippen molar-refractivity contribution >= 4 is 0 Å². The maximum Gasteiger partial charge on any atom is 0.185 e. The molecular weight excluding hydrogens is 184 g/mol. The smallest absolute Gasteiger partial charge is 0.185 e. The highest BCUT2D eigenvalue weighted by Crippen LogP contribution is 2.29. The average Bonchev–Trinajstić information content (AvgIpc) is 2.19. The van der Waals surface area contributed by atoms with Gasteiger partial charge in [0, 0.05) is 12.5 Å². The first-order valence-corrected chi connectivity index (χ1v) is 4.83. The first kappa shape index (κ1) is 11.9. The molecule has 0 aromatic rings. The maximum atomic E-state index is 9.11. The summed E-state index contributed by atoms with van der Waals surface area (Å²) in [6, 6.07) is 0. The Morgan fingerprint density at radius 3 is 2.29 bits per heavy atom. The largest absolute Gasteiger partial charge is 0.396 e. The molecule has 0 bridgehead atoms. The van der Waals surface area contributed by atoms with Crippen molar-refractivity contribution < 1.29 is 19.3 Å². The van der Waals surface area contributed by atoms with Crippen LogP contribution in [0.4, 0.5) is 0 Å². The molecule has 4 nitrogen and oxygen atoms in total. The summed E-state index contributed by atoms with van der Waals surface area (Å²) in [6.45, 7) is 6.84. The number of rotatable bonds is 3. The first-order chi connectivity index (χ1) is 6.43. The van der Waals surface area contributed by atoms with Crippen LogP contribution in [-0.4, -0.2) is 43.9 Å². The van der Waals surface area contributed by atoms with E-state index in [2.05, 4.69) is 0 Å². The first-order valence-electron chi connectivity index (χ1n) is 4.83. The Labute approximate surface area is 85.2 Å². The highest BCUT2D eigenvalue weighted by Gasteiger charge is 2.39. The average molecular weight is 204 g/mol. The van der Waals surface area contributed by atoms with Crippen LogP contribution in [-0.2, 0) is 14.2 Å². The summed E-state index contributed by atoms with van der Waals surface area (Å²) >= 11 is 0. The maximum absolute atomic E-state index is 9.11. The van der Waals surface area contributed by atoms with E-state index in [1.54, 1.807) is 7.11 Å².